The zero-order chi connectivity index (χ0) is 12.4. The summed E-state index contributed by atoms with van der Waals surface area (Å²) >= 11 is 0. The molecule has 0 saturated carbocycles. The summed E-state index contributed by atoms with van der Waals surface area (Å²) in [5.74, 6) is 0.0628. The fraction of sp³-hybridized carbons (Fsp3) is 0.833. The van der Waals surface area contributed by atoms with Crippen LogP contribution < -0.4 is 0 Å². The topological polar surface area (TPSA) is 52.6 Å². The molecule has 1 atom stereocenters. The predicted octanol–water partition coefficient (Wildman–Crippen LogP) is 2.17. The van der Waals surface area contributed by atoms with E-state index in [0.29, 0.717) is 26.2 Å². The Hall–Kier alpha value is -1.06. The van der Waals surface area contributed by atoms with E-state index in [1.54, 1.807) is 0 Å². The fourth-order valence-electron chi connectivity index (χ4n) is 2.00. The Balaban J connectivity index is 4.51. The zero-order valence-electron chi connectivity index (χ0n) is 10.4. The molecule has 0 aromatic heterocycles. The Kier molecular flexibility index (Phi) is 7.60. The van der Waals surface area contributed by atoms with Crippen LogP contribution in [-0.4, -0.2) is 26.2 Å². The van der Waals surface area contributed by atoms with Gasteiger partial charge in [-0.15, -0.1) is 0 Å². The lowest BCUT2D eigenvalue weighted by atomic mass is 9.72. The summed E-state index contributed by atoms with van der Waals surface area (Å²) in [7, 11) is 0. The average molecular weight is 230 g/mol. The largest absolute Gasteiger partial charge is 0.467 e. The molecule has 0 bridgehead atoms. The quantitative estimate of drug-likeness (QED) is 0.540. The molecule has 0 fully saturated rings. The van der Waals surface area contributed by atoms with E-state index in [-0.39, 0.29) is 11.3 Å². The number of rotatable bonds is 10. The first-order valence-electron chi connectivity index (χ1n) is 5.75. The maximum Gasteiger partial charge on any atom is 0.293 e. The first-order chi connectivity index (χ1) is 7.64. The van der Waals surface area contributed by atoms with E-state index in [1.165, 1.54) is 0 Å². The van der Waals surface area contributed by atoms with Crippen molar-refractivity contribution in [2.24, 2.45) is 11.3 Å². The lowest BCUT2D eigenvalue weighted by Gasteiger charge is -2.35. The van der Waals surface area contributed by atoms with Crippen LogP contribution in [0, 0.1) is 11.3 Å². The van der Waals surface area contributed by atoms with Crippen molar-refractivity contribution < 1.29 is 19.1 Å². The van der Waals surface area contributed by atoms with Crippen molar-refractivity contribution in [3.63, 3.8) is 0 Å². The summed E-state index contributed by atoms with van der Waals surface area (Å²) in [6.45, 7) is 7.86. The predicted molar refractivity (Wildman–Crippen MR) is 60.8 cm³/mol. The molecule has 0 aliphatic heterocycles. The molecular formula is C12H22O4. The van der Waals surface area contributed by atoms with Gasteiger partial charge < -0.3 is 9.47 Å². The van der Waals surface area contributed by atoms with E-state index in [0.717, 1.165) is 19.3 Å². The minimum absolute atomic E-state index is 0.0424. The van der Waals surface area contributed by atoms with Crippen molar-refractivity contribution in [1.29, 1.82) is 0 Å². The number of hydrogen-bond acceptors (Lipinski definition) is 4. The van der Waals surface area contributed by atoms with Gasteiger partial charge in [-0.2, -0.15) is 0 Å². The molecule has 0 heterocycles. The van der Waals surface area contributed by atoms with E-state index in [2.05, 4.69) is 20.8 Å². The van der Waals surface area contributed by atoms with Gasteiger partial charge in [-0.05, 0) is 11.8 Å². The van der Waals surface area contributed by atoms with Gasteiger partial charge >= 0.3 is 0 Å². The molecule has 0 saturated heterocycles. The highest BCUT2D eigenvalue weighted by Crippen LogP contribution is 2.36. The lowest BCUT2D eigenvalue weighted by Crippen LogP contribution is -2.34. The SMILES string of the molecule is CCCC(C)(CC)C(COC=O)COC=O. The summed E-state index contributed by atoms with van der Waals surface area (Å²) < 4.78 is 9.62. The van der Waals surface area contributed by atoms with Crippen LogP contribution in [-0.2, 0) is 19.1 Å². The number of ether oxygens (including phenoxy) is 2. The van der Waals surface area contributed by atoms with Crippen LogP contribution in [0.2, 0.25) is 0 Å². The molecule has 0 amide bonds. The van der Waals surface area contributed by atoms with E-state index >= 15 is 0 Å². The van der Waals surface area contributed by atoms with E-state index in [1.807, 2.05) is 0 Å². The van der Waals surface area contributed by atoms with Crippen LogP contribution in [0.3, 0.4) is 0 Å². The highest BCUT2D eigenvalue weighted by atomic mass is 16.5. The molecule has 0 aliphatic carbocycles. The molecular weight excluding hydrogens is 208 g/mol. The Morgan fingerprint density at radius 3 is 1.94 bits per heavy atom. The summed E-state index contributed by atoms with van der Waals surface area (Å²) in [4.78, 5) is 20.4. The molecule has 0 spiro atoms. The van der Waals surface area contributed by atoms with Crippen molar-refractivity contribution in [1.82, 2.24) is 0 Å². The molecule has 4 heteroatoms. The first-order valence-corrected chi connectivity index (χ1v) is 5.75. The normalized spacial score (nSPS) is 14.2. The van der Waals surface area contributed by atoms with Crippen molar-refractivity contribution in [2.45, 2.75) is 40.0 Å². The van der Waals surface area contributed by atoms with Crippen molar-refractivity contribution in [3.8, 4) is 0 Å². The molecule has 16 heavy (non-hydrogen) atoms. The average Bonchev–Trinajstić information content (AvgIpc) is 2.29. The minimum atomic E-state index is 0.0424. The van der Waals surface area contributed by atoms with Crippen molar-refractivity contribution >= 4 is 12.9 Å². The van der Waals surface area contributed by atoms with Crippen LogP contribution in [0.4, 0.5) is 0 Å². The molecule has 4 nitrogen and oxygen atoms in total. The van der Waals surface area contributed by atoms with Gasteiger partial charge in [0.05, 0.1) is 13.2 Å². The van der Waals surface area contributed by atoms with Gasteiger partial charge in [-0.3, -0.25) is 9.59 Å². The molecule has 1 unspecified atom stereocenters. The third kappa shape index (κ3) is 4.64. The Labute approximate surface area is 97.3 Å². The highest BCUT2D eigenvalue weighted by molar-refractivity contribution is 5.37. The molecule has 94 valence electrons. The molecule has 0 aliphatic rings. The van der Waals surface area contributed by atoms with Crippen LogP contribution in [0.1, 0.15) is 40.0 Å². The fourth-order valence-corrected chi connectivity index (χ4v) is 2.00. The summed E-state index contributed by atoms with van der Waals surface area (Å²) in [5.41, 5.74) is 0.0424. The Bertz CT molecular complexity index is 193. The second-order valence-electron chi connectivity index (χ2n) is 4.31. The van der Waals surface area contributed by atoms with Crippen molar-refractivity contribution in [3.05, 3.63) is 0 Å². The summed E-state index contributed by atoms with van der Waals surface area (Å²) in [5, 5.41) is 0. The summed E-state index contributed by atoms with van der Waals surface area (Å²) in [6, 6.07) is 0. The minimum Gasteiger partial charge on any atom is -0.467 e. The van der Waals surface area contributed by atoms with Crippen molar-refractivity contribution in [2.75, 3.05) is 13.2 Å². The number of hydrogen-bond donors (Lipinski definition) is 0. The van der Waals surface area contributed by atoms with E-state index in [4.69, 9.17) is 9.47 Å². The third-order valence-corrected chi connectivity index (χ3v) is 3.35. The molecule has 0 aromatic carbocycles. The maximum absolute atomic E-state index is 10.2. The Morgan fingerprint density at radius 1 is 1.12 bits per heavy atom. The molecule has 0 N–H and O–H groups in total. The second kappa shape index (κ2) is 8.13. The number of carbonyl (C=O) groups excluding carboxylic acids is 2. The smallest absolute Gasteiger partial charge is 0.293 e. The Morgan fingerprint density at radius 2 is 1.62 bits per heavy atom. The van der Waals surface area contributed by atoms with Crippen LogP contribution in [0.15, 0.2) is 0 Å². The van der Waals surface area contributed by atoms with E-state index < -0.39 is 0 Å². The zero-order valence-corrected chi connectivity index (χ0v) is 10.4. The van der Waals surface area contributed by atoms with E-state index in [9.17, 15) is 9.59 Å². The monoisotopic (exact) mass is 230 g/mol. The third-order valence-electron chi connectivity index (χ3n) is 3.35. The second-order valence-corrected chi connectivity index (χ2v) is 4.31. The maximum atomic E-state index is 10.2. The van der Waals surface area contributed by atoms with Gasteiger partial charge in [0.25, 0.3) is 12.9 Å². The lowest BCUT2D eigenvalue weighted by molar-refractivity contribution is -0.136. The van der Waals surface area contributed by atoms with Crippen LogP contribution in [0.25, 0.3) is 0 Å². The molecule has 0 aromatic rings. The summed E-state index contributed by atoms with van der Waals surface area (Å²) in [6.07, 6.45) is 3.05. The number of carbonyl (C=O) groups is 2. The highest BCUT2D eigenvalue weighted by Gasteiger charge is 2.32. The van der Waals surface area contributed by atoms with Gasteiger partial charge in [0, 0.05) is 5.92 Å². The standard InChI is InChI=1S/C12H22O4/c1-4-6-12(3,5-2)11(7-15-9-13)8-16-10-14/h9-11H,4-8H2,1-3H3. The first kappa shape index (κ1) is 14.9. The van der Waals surface area contributed by atoms with Gasteiger partial charge in [0.15, 0.2) is 0 Å². The van der Waals surface area contributed by atoms with Gasteiger partial charge in [-0.1, -0.05) is 33.6 Å². The molecule has 0 radical (unpaired) electrons. The molecule has 0 rings (SSSR count). The van der Waals surface area contributed by atoms with Crippen LogP contribution in [0.5, 0.6) is 0 Å². The van der Waals surface area contributed by atoms with Gasteiger partial charge in [0.1, 0.15) is 0 Å². The van der Waals surface area contributed by atoms with Gasteiger partial charge in [0.2, 0.25) is 0 Å². The van der Waals surface area contributed by atoms with Crippen LogP contribution >= 0.6 is 0 Å². The van der Waals surface area contributed by atoms with Gasteiger partial charge in [-0.25, -0.2) is 0 Å².